The van der Waals surface area contributed by atoms with Gasteiger partial charge >= 0.3 is 11.8 Å². The van der Waals surface area contributed by atoms with Gasteiger partial charge in [0.2, 0.25) is 0 Å². The summed E-state index contributed by atoms with van der Waals surface area (Å²) in [6.45, 7) is 6.21. The minimum absolute atomic E-state index is 0.00649. The molecule has 0 heterocycles. The summed E-state index contributed by atoms with van der Waals surface area (Å²) >= 11 is 0. The van der Waals surface area contributed by atoms with E-state index in [2.05, 4.69) is 26.1 Å². The topological polar surface area (TPSA) is 72.2 Å². The molecular formula is C12H16N2O2. The standard InChI is InChI=1S/C12H16N2O2/c1-12(2,3)8-5-4-6-9(7-8)14-11(16)10(13)15/h4-7H,1-3H3,(H2,13,15)(H,14,16). The van der Waals surface area contributed by atoms with E-state index in [1.165, 1.54) is 0 Å². The molecule has 1 aromatic carbocycles. The maximum atomic E-state index is 11.1. The van der Waals surface area contributed by atoms with Crippen LogP contribution in [0.1, 0.15) is 26.3 Å². The molecule has 0 saturated heterocycles. The summed E-state index contributed by atoms with van der Waals surface area (Å²) in [5.74, 6) is -1.78. The number of nitrogens with one attached hydrogen (secondary N) is 1. The Morgan fingerprint density at radius 3 is 2.38 bits per heavy atom. The Labute approximate surface area is 94.8 Å². The summed E-state index contributed by atoms with van der Waals surface area (Å²) in [6.07, 6.45) is 0. The molecule has 0 unspecified atom stereocenters. The molecule has 1 aromatic rings. The van der Waals surface area contributed by atoms with Gasteiger partial charge in [-0.1, -0.05) is 32.9 Å². The highest BCUT2D eigenvalue weighted by molar-refractivity contribution is 6.39. The zero-order valence-corrected chi connectivity index (χ0v) is 9.70. The van der Waals surface area contributed by atoms with E-state index in [9.17, 15) is 9.59 Å². The van der Waals surface area contributed by atoms with Gasteiger partial charge in [-0.3, -0.25) is 9.59 Å². The summed E-state index contributed by atoms with van der Waals surface area (Å²) in [5.41, 5.74) is 6.51. The first-order valence-corrected chi connectivity index (χ1v) is 5.02. The molecule has 3 N–H and O–H groups in total. The lowest BCUT2D eigenvalue weighted by atomic mass is 9.87. The number of carbonyl (C=O) groups is 2. The lowest BCUT2D eigenvalue weighted by Crippen LogP contribution is -2.29. The van der Waals surface area contributed by atoms with Crippen LogP contribution >= 0.6 is 0 Å². The van der Waals surface area contributed by atoms with E-state index in [1.54, 1.807) is 6.07 Å². The predicted octanol–water partition coefficient (Wildman–Crippen LogP) is 1.41. The minimum Gasteiger partial charge on any atom is -0.361 e. The van der Waals surface area contributed by atoms with Crippen molar-refractivity contribution in [1.29, 1.82) is 0 Å². The molecule has 0 radical (unpaired) electrons. The summed E-state index contributed by atoms with van der Waals surface area (Å²) in [6, 6.07) is 7.36. The lowest BCUT2D eigenvalue weighted by molar-refractivity contribution is -0.134. The molecule has 0 spiro atoms. The Bertz CT molecular complexity index is 419. The molecule has 0 atom stereocenters. The van der Waals surface area contributed by atoms with E-state index in [4.69, 9.17) is 5.73 Å². The second-order valence-electron chi connectivity index (χ2n) is 4.65. The summed E-state index contributed by atoms with van der Waals surface area (Å²) in [5, 5.41) is 2.44. The van der Waals surface area contributed by atoms with Crippen molar-refractivity contribution in [2.24, 2.45) is 5.73 Å². The van der Waals surface area contributed by atoms with Gasteiger partial charge in [-0.05, 0) is 23.1 Å². The van der Waals surface area contributed by atoms with E-state index >= 15 is 0 Å². The molecule has 1 rings (SSSR count). The second-order valence-corrected chi connectivity index (χ2v) is 4.65. The van der Waals surface area contributed by atoms with Crippen LogP contribution in [0.3, 0.4) is 0 Å². The fourth-order valence-corrected chi connectivity index (χ4v) is 1.26. The van der Waals surface area contributed by atoms with Gasteiger partial charge in [-0.15, -0.1) is 0 Å². The van der Waals surface area contributed by atoms with Crippen LogP contribution in [-0.4, -0.2) is 11.8 Å². The van der Waals surface area contributed by atoms with Crippen molar-refractivity contribution in [1.82, 2.24) is 0 Å². The van der Waals surface area contributed by atoms with Crippen molar-refractivity contribution in [3.8, 4) is 0 Å². The first kappa shape index (κ1) is 12.2. The quantitative estimate of drug-likeness (QED) is 0.702. The van der Waals surface area contributed by atoms with Crippen LogP contribution in [-0.2, 0) is 15.0 Å². The zero-order valence-electron chi connectivity index (χ0n) is 9.70. The highest BCUT2D eigenvalue weighted by Crippen LogP contribution is 2.24. The van der Waals surface area contributed by atoms with Crippen molar-refractivity contribution in [2.45, 2.75) is 26.2 Å². The molecule has 0 saturated carbocycles. The minimum atomic E-state index is -0.985. The zero-order chi connectivity index (χ0) is 12.3. The third kappa shape index (κ3) is 3.08. The molecule has 86 valence electrons. The fraction of sp³-hybridized carbons (Fsp3) is 0.333. The number of anilines is 1. The smallest absolute Gasteiger partial charge is 0.313 e. The van der Waals surface area contributed by atoms with E-state index < -0.39 is 11.8 Å². The van der Waals surface area contributed by atoms with Gasteiger partial charge in [0.05, 0.1) is 0 Å². The molecule has 0 fully saturated rings. The maximum Gasteiger partial charge on any atom is 0.313 e. The van der Waals surface area contributed by atoms with Gasteiger partial charge < -0.3 is 11.1 Å². The van der Waals surface area contributed by atoms with Crippen LogP contribution in [0.2, 0.25) is 0 Å². The van der Waals surface area contributed by atoms with E-state index in [0.29, 0.717) is 5.69 Å². The SMILES string of the molecule is CC(C)(C)c1cccc(NC(=O)C(N)=O)c1. The van der Waals surface area contributed by atoms with Gasteiger partial charge in [0.1, 0.15) is 0 Å². The van der Waals surface area contributed by atoms with Gasteiger partial charge in [0.25, 0.3) is 0 Å². The second kappa shape index (κ2) is 4.35. The molecule has 0 aliphatic carbocycles. The largest absolute Gasteiger partial charge is 0.361 e. The Morgan fingerprint density at radius 2 is 1.88 bits per heavy atom. The van der Waals surface area contributed by atoms with Gasteiger partial charge in [-0.25, -0.2) is 0 Å². The predicted molar refractivity (Wildman–Crippen MR) is 63.0 cm³/mol. The summed E-state index contributed by atoms with van der Waals surface area (Å²) < 4.78 is 0. The average Bonchev–Trinajstić information content (AvgIpc) is 2.16. The van der Waals surface area contributed by atoms with Crippen LogP contribution in [0, 0.1) is 0 Å². The van der Waals surface area contributed by atoms with Crippen molar-refractivity contribution in [3.05, 3.63) is 29.8 Å². The van der Waals surface area contributed by atoms with Crippen molar-refractivity contribution in [3.63, 3.8) is 0 Å². The van der Waals surface area contributed by atoms with Gasteiger partial charge in [0.15, 0.2) is 0 Å². The highest BCUT2D eigenvalue weighted by Gasteiger charge is 2.15. The fourth-order valence-electron chi connectivity index (χ4n) is 1.26. The number of benzene rings is 1. The van der Waals surface area contributed by atoms with Crippen molar-refractivity contribution < 1.29 is 9.59 Å². The van der Waals surface area contributed by atoms with E-state index in [1.807, 2.05) is 18.2 Å². The molecule has 0 aliphatic heterocycles. The Kier molecular flexibility index (Phi) is 3.32. The van der Waals surface area contributed by atoms with Gasteiger partial charge in [-0.2, -0.15) is 0 Å². The van der Waals surface area contributed by atoms with Crippen LogP contribution in [0.25, 0.3) is 0 Å². The average molecular weight is 220 g/mol. The summed E-state index contributed by atoms with van der Waals surface area (Å²) in [7, 11) is 0. The molecule has 0 bridgehead atoms. The van der Waals surface area contributed by atoms with Crippen LogP contribution < -0.4 is 11.1 Å². The van der Waals surface area contributed by atoms with E-state index in [0.717, 1.165) is 5.56 Å². The third-order valence-corrected chi connectivity index (χ3v) is 2.21. The Morgan fingerprint density at radius 1 is 1.25 bits per heavy atom. The molecule has 16 heavy (non-hydrogen) atoms. The molecule has 0 aliphatic rings. The molecule has 4 heteroatoms. The van der Waals surface area contributed by atoms with Crippen molar-refractivity contribution in [2.75, 3.05) is 5.32 Å². The number of primary amides is 1. The first-order chi connectivity index (χ1) is 7.30. The number of hydrogen-bond acceptors (Lipinski definition) is 2. The number of hydrogen-bond donors (Lipinski definition) is 2. The van der Waals surface area contributed by atoms with E-state index in [-0.39, 0.29) is 5.41 Å². The maximum absolute atomic E-state index is 11.1. The first-order valence-electron chi connectivity index (χ1n) is 5.02. The molecular weight excluding hydrogens is 204 g/mol. The Balaban J connectivity index is 2.92. The lowest BCUT2D eigenvalue weighted by Gasteiger charge is -2.19. The third-order valence-electron chi connectivity index (χ3n) is 2.21. The number of rotatable bonds is 1. The van der Waals surface area contributed by atoms with Crippen LogP contribution in [0.5, 0.6) is 0 Å². The molecule has 0 aromatic heterocycles. The molecule has 2 amide bonds. The van der Waals surface area contributed by atoms with Crippen LogP contribution in [0.15, 0.2) is 24.3 Å². The molecule has 4 nitrogen and oxygen atoms in total. The van der Waals surface area contributed by atoms with Gasteiger partial charge in [0, 0.05) is 5.69 Å². The number of carbonyl (C=O) groups excluding carboxylic acids is 2. The normalized spacial score (nSPS) is 10.9. The number of amides is 2. The highest BCUT2D eigenvalue weighted by atomic mass is 16.2. The summed E-state index contributed by atoms with van der Waals surface area (Å²) in [4.78, 5) is 21.7. The Hall–Kier alpha value is -1.84. The number of nitrogens with two attached hydrogens (primary N) is 1. The monoisotopic (exact) mass is 220 g/mol. The van der Waals surface area contributed by atoms with Crippen molar-refractivity contribution >= 4 is 17.5 Å². The van der Waals surface area contributed by atoms with Crippen LogP contribution in [0.4, 0.5) is 5.69 Å².